The molecule has 1 aromatic carbocycles. The van der Waals surface area contributed by atoms with Gasteiger partial charge < -0.3 is 19.2 Å². The van der Waals surface area contributed by atoms with E-state index in [1.54, 1.807) is 18.1 Å². The predicted octanol–water partition coefficient (Wildman–Crippen LogP) is 3.11. The Morgan fingerprint density at radius 1 is 1.31 bits per heavy atom. The Morgan fingerprint density at radius 2 is 2.04 bits per heavy atom. The Kier molecular flexibility index (Phi) is 5.05. The minimum atomic E-state index is -1.04. The van der Waals surface area contributed by atoms with Crippen molar-refractivity contribution in [1.29, 1.82) is 0 Å². The highest BCUT2D eigenvalue weighted by molar-refractivity contribution is 5.89. The summed E-state index contributed by atoms with van der Waals surface area (Å²) in [7, 11) is 0. The molecule has 0 spiro atoms. The van der Waals surface area contributed by atoms with Crippen molar-refractivity contribution in [2.24, 2.45) is 0 Å². The molecule has 0 saturated carbocycles. The van der Waals surface area contributed by atoms with Gasteiger partial charge in [-0.3, -0.25) is 4.79 Å². The number of nitrogens with zero attached hydrogens (tertiary/aromatic N) is 1. The zero-order valence-corrected chi connectivity index (χ0v) is 15.6. The number of hydrogen-bond acceptors (Lipinski definition) is 4. The standard InChI is InChI=1S/C20H25NO5/c1-11(2)15-7-16-14(10-25-17(16)5-12(15)3)6-19(22)21-8-13(4)26-18(9-21)20(23)24/h5,7,10-11,13,18H,6,8-9H2,1-4H3,(H,23,24)/t13-,18?/m1/s1. The van der Waals surface area contributed by atoms with Crippen molar-refractivity contribution in [2.45, 2.75) is 52.2 Å². The molecule has 2 atom stereocenters. The first-order chi connectivity index (χ1) is 12.3. The number of amides is 1. The summed E-state index contributed by atoms with van der Waals surface area (Å²) < 4.78 is 11.0. The lowest BCUT2D eigenvalue weighted by molar-refractivity contribution is -0.166. The summed E-state index contributed by atoms with van der Waals surface area (Å²) in [6, 6.07) is 4.11. The second kappa shape index (κ2) is 7.11. The van der Waals surface area contributed by atoms with Gasteiger partial charge in [0.15, 0.2) is 6.10 Å². The van der Waals surface area contributed by atoms with E-state index in [1.165, 1.54) is 11.1 Å². The lowest BCUT2D eigenvalue weighted by atomic mass is 9.95. The molecule has 6 nitrogen and oxygen atoms in total. The van der Waals surface area contributed by atoms with Crippen molar-refractivity contribution in [3.05, 3.63) is 35.1 Å². The van der Waals surface area contributed by atoms with Crippen molar-refractivity contribution >= 4 is 22.8 Å². The third kappa shape index (κ3) is 3.60. The Hall–Kier alpha value is -2.34. The maximum Gasteiger partial charge on any atom is 0.334 e. The maximum atomic E-state index is 12.7. The van der Waals surface area contributed by atoms with Gasteiger partial charge in [0, 0.05) is 17.5 Å². The van der Waals surface area contributed by atoms with Gasteiger partial charge in [-0.1, -0.05) is 13.8 Å². The number of aliphatic carboxylic acids is 1. The van der Waals surface area contributed by atoms with E-state index in [0.717, 1.165) is 16.5 Å². The molecule has 0 bridgehead atoms. The molecule has 1 aromatic heterocycles. The van der Waals surface area contributed by atoms with Crippen LogP contribution in [0.15, 0.2) is 22.8 Å². The highest BCUT2D eigenvalue weighted by Gasteiger charge is 2.32. The van der Waals surface area contributed by atoms with Crippen molar-refractivity contribution in [1.82, 2.24) is 4.90 Å². The number of rotatable bonds is 4. The molecule has 6 heteroatoms. The summed E-state index contributed by atoms with van der Waals surface area (Å²) in [5.74, 6) is -0.768. The van der Waals surface area contributed by atoms with Crippen molar-refractivity contribution in [3.63, 3.8) is 0 Å². The number of morpholine rings is 1. The molecule has 1 aliphatic heterocycles. The number of carbonyl (C=O) groups is 2. The van der Waals surface area contributed by atoms with Gasteiger partial charge in [0.05, 0.1) is 25.3 Å². The van der Waals surface area contributed by atoms with E-state index in [-0.39, 0.29) is 25.0 Å². The van der Waals surface area contributed by atoms with Crippen LogP contribution in [0, 0.1) is 6.92 Å². The van der Waals surface area contributed by atoms with Gasteiger partial charge in [0.1, 0.15) is 5.58 Å². The molecule has 140 valence electrons. The SMILES string of the molecule is Cc1cc2occ(CC(=O)N3CC(C(=O)O)O[C@H](C)C3)c2cc1C(C)C. The number of aryl methyl sites for hydroxylation is 1. The summed E-state index contributed by atoms with van der Waals surface area (Å²) in [6.07, 6.45) is 0.543. The van der Waals surface area contributed by atoms with E-state index in [4.69, 9.17) is 9.15 Å². The Morgan fingerprint density at radius 3 is 2.69 bits per heavy atom. The van der Waals surface area contributed by atoms with E-state index < -0.39 is 12.1 Å². The van der Waals surface area contributed by atoms with Gasteiger partial charge in [-0.2, -0.15) is 0 Å². The average Bonchev–Trinajstić information content (AvgIpc) is 2.94. The third-order valence-electron chi connectivity index (χ3n) is 4.89. The first-order valence-corrected chi connectivity index (χ1v) is 8.93. The summed E-state index contributed by atoms with van der Waals surface area (Å²) in [4.78, 5) is 25.5. The molecule has 1 unspecified atom stereocenters. The number of fused-ring (bicyclic) bond motifs is 1. The largest absolute Gasteiger partial charge is 0.479 e. The number of furan rings is 1. The Bertz CT molecular complexity index is 838. The maximum absolute atomic E-state index is 12.7. The summed E-state index contributed by atoms with van der Waals surface area (Å²) in [5.41, 5.74) is 4.01. The van der Waals surface area contributed by atoms with Crippen LogP contribution in [0.5, 0.6) is 0 Å². The molecule has 2 aromatic rings. The van der Waals surface area contributed by atoms with Crippen LogP contribution in [0.1, 0.15) is 43.4 Å². The molecule has 26 heavy (non-hydrogen) atoms. The van der Waals surface area contributed by atoms with E-state index in [9.17, 15) is 14.7 Å². The second-order valence-electron chi connectivity index (χ2n) is 7.37. The summed E-state index contributed by atoms with van der Waals surface area (Å²) in [5, 5.41) is 10.1. The highest BCUT2D eigenvalue weighted by Crippen LogP contribution is 2.29. The van der Waals surface area contributed by atoms with Crippen LogP contribution >= 0.6 is 0 Å². The van der Waals surface area contributed by atoms with Crippen molar-refractivity contribution in [3.8, 4) is 0 Å². The van der Waals surface area contributed by atoms with Gasteiger partial charge in [0.2, 0.25) is 5.91 Å². The van der Waals surface area contributed by atoms with Gasteiger partial charge in [-0.05, 0) is 43.0 Å². The Balaban J connectivity index is 1.83. The minimum Gasteiger partial charge on any atom is -0.479 e. The fourth-order valence-electron chi connectivity index (χ4n) is 3.57. The van der Waals surface area contributed by atoms with Crippen LogP contribution < -0.4 is 0 Å². The molecule has 1 N–H and O–H groups in total. The summed E-state index contributed by atoms with van der Waals surface area (Å²) >= 11 is 0. The van der Waals surface area contributed by atoms with Gasteiger partial charge in [0.25, 0.3) is 0 Å². The molecule has 1 fully saturated rings. The van der Waals surface area contributed by atoms with Crippen molar-refractivity contribution < 1.29 is 23.8 Å². The zero-order valence-electron chi connectivity index (χ0n) is 15.6. The predicted molar refractivity (Wildman–Crippen MR) is 97.3 cm³/mol. The normalized spacial score (nSPS) is 20.7. The second-order valence-corrected chi connectivity index (χ2v) is 7.37. The molecule has 1 aliphatic rings. The molecule has 0 aliphatic carbocycles. The quantitative estimate of drug-likeness (QED) is 0.907. The van der Waals surface area contributed by atoms with E-state index >= 15 is 0 Å². The zero-order chi connectivity index (χ0) is 19.0. The first kappa shape index (κ1) is 18.5. The van der Waals surface area contributed by atoms with Gasteiger partial charge >= 0.3 is 5.97 Å². The smallest absolute Gasteiger partial charge is 0.334 e. The van der Waals surface area contributed by atoms with Gasteiger partial charge in [-0.15, -0.1) is 0 Å². The molecule has 0 radical (unpaired) electrons. The van der Waals surface area contributed by atoms with Crippen LogP contribution in [0.25, 0.3) is 11.0 Å². The molecular weight excluding hydrogens is 334 g/mol. The topological polar surface area (TPSA) is 80.0 Å². The molecule has 1 saturated heterocycles. The van der Waals surface area contributed by atoms with Crippen molar-refractivity contribution in [2.75, 3.05) is 13.1 Å². The fourth-order valence-corrected chi connectivity index (χ4v) is 3.57. The third-order valence-corrected chi connectivity index (χ3v) is 4.89. The van der Waals surface area contributed by atoms with Crippen LogP contribution in [-0.4, -0.2) is 47.2 Å². The number of benzene rings is 1. The molecular formula is C20H25NO5. The van der Waals surface area contributed by atoms with Crippen LogP contribution in [0.2, 0.25) is 0 Å². The van der Waals surface area contributed by atoms with Crippen LogP contribution in [0.3, 0.4) is 0 Å². The minimum absolute atomic E-state index is 0.0741. The number of carbonyl (C=O) groups excluding carboxylic acids is 1. The molecule has 3 rings (SSSR count). The van der Waals surface area contributed by atoms with Crippen LogP contribution in [-0.2, 0) is 20.7 Å². The molecule has 2 heterocycles. The number of ether oxygens (including phenoxy) is 1. The van der Waals surface area contributed by atoms with E-state index in [1.807, 2.05) is 6.07 Å². The molecule has 1 amide bonds. The number of carboxylic acids is 1. The Labute approximate surface area is 152 Å². The van der Waals surface area contributed by atoms with E-state index in [0.29, 0.717) is 12.5 Å². The first-order valence-electron chi connectivity index (χ1n) is 8.93. The summed E-state index contributed by atoms with van der Waals surface area (Å²) in [6.45, 7) is 8.59. The number of carboxylic acid groups (broad SMARTS) is 1. The fraction of sp³-hybridized carbons (Fsp3) is 0.500. The monoisotopic (exact) mass is 359 g/mol. The van der Waals surface area contributed by atoms with Gasteiger partial charge in [-0.25, -0.2) is 4.79 Å². The lowest BCUT2D eigenvalue weighted by Gasteiger charge is -2.35. The van der Waals surface area contributed by atoms with E-state index in [2.05, 4.69) is 26.8 Å². The highest BCUT2D eigenvalue weighted by atomic mass is 16.5. The lowest BCUT2D eigenvalue weighted by Crippen LogP contribution is -2.52. The average molecular weight is 359 g/mol. The number of hydrogen-bond donors (Lipinski definition) is 1. The van der Waals surface area contributed by atoms with Crippen LogP contribution in [0.4, 0.5) is 0 Å².